The summed E-state index contributed by atoms with van der Waals surface area (Å²) in [6, 6.07) is 0.0207. The van der Waals surface area contributed by atoms with E-state index in [-0.39, 0.29) is 23.2 Å². The maximum absolute atomic E-state index is 12.5. The summed E-state index contributed by atoms with van der Waals surface area (Å²) in [4.78, 5) is 36.5. The van der Waals surface area contributed by atoms with Crippen LogP contribution in [0.1, 0.15) is 53.3 Å². The van der Waals surface area contributed by atoms with Gasteiger partial charge in [0.1, 0.15) is 5.82 Å². The number of anilines is 1. The molecule has 1 aromatic heterocycles. The molecule has 0 aliphatic carbocycles. The van der Waals surface area contributed by atoms with E-state index in [0.717, 1.165) is 25.1 Å². The first-order chi connectivity index (χ1) is 16.4. The van der Waals surface area contributed by atoms with Crippen molar-refractivity contribution in [2.45, 2.75) is 83.4 Å². The third kappa shape index (κ3) is 12.1. The molecule has 0 radical (unpaired) electrons. The molecule has 2 heterocycles. The molecule has 0 aromatic carbocycles. The third-order valence-electron chi connectivity index (χ3n) is 4.91. The van der Waals surface area contributed by atoms with Gasteiger partial charge in [-0.25, -0.2) is 14.4 Å². The van der Waals surface area contributed by atoms with Crippen LogP contribution in [-0.4, -0.2) is 84.4 Å². The molecule has 0 spiro atoms. The molecule has 1 aliphatic rings. The second-order valence-corrected chi connectivity index (χ2v) is 9.43. The Morgan fingerprint density at radius 2 is 1.41 bits per heavy atom. The van der Waals surface area contributed by atoms with Crippen molar-refractivity contribution in [3.05, 3.63) is 5.82 Å². The highest BCUT2D eigenvalue weighted by Crippen LogP contribution is 2.31. The number of aryl methyl sites for hydroxylation is 2. The van der Waals surface area contributed by atoms with E-state index >= 15 is 0 Å². The monoisotopic (exact) mass is 550 g/mol. The molecule has 17 heteroatoms. The zero-order valence-corrected chi connectivity index (χ0v) is 21.4. The molecule has 2 amide bonds. The van der Waals surface area contributed by atoms with E-state index in [0.29, 0.717) is 5.95 Å². The van der Waals surface area contributed by atoms with Crippen molar-refractivity contribution in [2.24, 2.45) is 7.05 Å². The number of halogens is 6. The number of carboxylic acids is 2. The van der Waals surface area contributed by atoms with Crippen LogP contribution < -0.4 is 10.6 Å². The number of nitrogens with zero attached hydrogens (tertiary/aromatic N) is 4. The Labute approximate surface area is 209 Å². The zero-order valence-electron chi connectivity index (χ0n) is 21.4. The number of carbonyl (C=O) groups is 3. The van der Waals surface area contributed by atoms with Crippen molar-refractivity contribution in [3.63, 3.8) is 0 Å². The fourth-order valence-corrected chi connectivity index (χ4v) is 3.67. The number of hydrogen-bond acceptors (Lipinski definition) is 6. The van der Waals surface area contributed by atoms with Gasteiger partial charge in [0.2, 0.25) is 5.95 Å². The van der Waals surface area contributed by atoms with Gasteiger partial charge in [0, 0.05) is 37.6 Å². The van der Waals surface area contributed by atoms with E-state index in [1.54, 1.807) is 9.58 Å². The third-order valence-corrected chi connectivity index (χ3v) is 4.91. The predicted molar refractivity (Wildman–Crippen MR) is 119 cm³/mol. The van der Waals surface area contributed by atoms with Crippen LogP contribution in [0.2, 0.25) is 0 Å². The van der Waals surface area contributed by atoms with Crippen LogP contribution in [-0.2, 0) is 23.1 Å². The van der Waals surface area contributed by atoms with E-state index in [4.69, 9.17) is 19.8 Å². The first kappa shape index (κ1) is 33.9. The summed E-state index contributed by atoms with van der Waals surface area (Å²) in [5.41, 5.74) is -0.000826. The van der Waals surface area contributed by atoms with E-state index in [9.17, 15) is 31.1 Å². The van der Waals surface area contributed by atoms with Crippen LogP contribution >= 0.6 is 0 Å². The lowest BCUT2D eigenvalue weighted by molar-refractivity contribution is -0.193. The van der Waals surface area contributed by atoms with Gasteiger partial charge in [-0.15, -0.1) is 5.10 Å². The van der Waals surface area contributed by atoms with E-state index in [2.05, 4.69) is 48.4 Å². The van der Waals surface area contributed by atoms with E-state index in [1.807, 2.05) is 21.0 Å². The highest BCUT2D eigenvalue weighted by Gasteiger charge is 2.41. The predicted octanol–water partition coefficient (Wildman–Crippen LogP) is 3.42. The van der Waals surface area contributed by atoms with Crippen molar-refractivity contribution >= 4 is 23.9 Å². The number of carbonyl (C=O) groups excluding carboxylic acids is 1. The van der Waals surface area contributed by atoms with E-state index in [1.165, 1.54) is 0 Å². The summed E-state index contributed by atoms with van der Waals surface area (Å²) in [6.07, 6.45) is -7.56. The number of hydrogen-bond donors (Lipinski definition) is 4. The molecule has 2 rings (SSSR count). The molecule has 0 atom stereocenters. The Balaban J connectivity index is 0.000000761. The second kappa shape index (κ2) is 12.4. The first-order valence-corrected chi connectivity index (χ1v) is 10.7. The van der Waals surface area contributed by atoms with Crippen LogP contribution in [0.4, 0.5) is 37.1 Å². The number of nitrogens with one attached hydrogen (secondary N) is 2. The molecule has 11 nitrogen and oxygen atoms in total. The van der Waals surface area contributed by atoms with Gasteiger partial charge in [-0.2, -0.15) is 31.3 Å². The van der Waals surface area contributed by atoms with Crippen molar-refractivity contribution in [1.29, 1.82) is 0 Å². The molecule has 37 heavy (non-hydrogen) atoms. The minimum absolute atomic E-state index is 0.000413. The molecule has 1 fully saturated rings. The zero-order chi connectivity index (χ0) is 29.6. The SMILES string of the molecule is CCc1nc(NC(=O)N(C)C2CC(C)(C)NC(C)(C)C2)nn1C.O=C(O)C(F)(F)F.O=C(O)C(F)(F)F. The number of carboxylic acid groups (broad SMARTS) is 2. The molecular weight excluding hydrogens is 518 g/mol. The van der Waals surface area contributed by atoms with Gasteiger partial charge < -0.3 is 20.4 Å². The lowest BCUT2D eigenvalue weighted by atomic mass is 9.79. The summed E-state index contributed by atoms with van der Waals surface area (Å²) in [5, 5.41) is 24.9. The van der Waals surface area contributed by atoms with Crippen LogP contribution in [0, 0.1) is 0 Å². The fourth-order valence-electron chi connectivity index (χ4n) is 3.67. The lowest BCUT2D eigenvalue weighted by Crippen LogP contribution is -2.62. The first-order valence-electron chi connectivity index (χ1n) is 10.7. The molecule has 1 saturated heterocycles. The Morgan fingerprint density at radius 1 is 1.03 bits per heavy atom. The van der Waals surface area contributed by atoms with Crippen molar-refractivity contribution in [1.82, 2.24) is 25.0 Å². The van der Waals surface area contributed by atoms with Gasteiger partial charge in [0.05, 0.1) is 0 Å². The Morgan fingerprint density at radius 3 is 1.70 bits per heavy atom. The maximum Gasteiger partial charge on any atom is 0.490 e. The molecular formula is C20H32F6N6O5. The summed E-state index contributed by atoms with van der Waals surface area (Å²) in [7, 11) is 3.68. The Bertz CT molecular complexity index is 905. The van der Waals surface area contributed by atoms with Crippen molar-refractivity contribution in [2.75, 3.05) is 12.4 Å². The highest BCUT2D eigenvalue weighted by molar-refractivity contribution is 5.87. The van der Waals surface area contributed by atoms with Crippen molar-refractivity contribution in [3.8, 4) is 0 Å². The summed E-state index contributed by atoms with van der Waals surface area (Å²) in [5.74, 6) is -4.29. The number of rotatable bonds is 3. The summed E-state index contributed by atoms with van der Waals surface area (Å²) in [6.45, 7) is 10.7. The Hall–Kier alpha value is -3.11. The average molecular weight is 551 g/mol. The minimum Gasteiger partial charge on any atom is -0.475 e. The standard InChI is InChI=1S/C16H30N6O.2C2HF3O2/c1-8-12-17-13(19-22(12)7)18-14(23)21(6)11-9-15(2,3)20-16(4,5)10-11;2*3-2(4,5)1(6)7/h11,20H,8-10H2,1-7H3,(H,18,19,23);2*(H,6,7). The molecule has 0 saturated carbocycles. The fraction of sp³-hybridized carbons (Fsp3) is 0.750. The van der Waals surface area contributed by atoms with Crippen LogP contribution in [0.5, 0.6) is 0 Å². The number of piperidine rings is 1. The topological polar surface area (TPSA) is 150 Å². The maximum atomic E-state index is 12.5. The number of amides is 2. The summed E-state index contributed by atoms with van der Waals surface area (Å²) < 4.78 is 65.2. The average Bonchev–Trinajstić information content (AvgIpc) is 3.03. The minimum atomic E-state index is -5.08. The number of urea groups is 1. The molecule has 1 aromatic rings. The molecule has 0 unspecified atom stereocenters. The van der Waals surface area contributed by atoms with Crippen LogP contribution in [0.3, 0.4) is 0 Å². The van der Waals surface area contributed by atoms with Gasteiger partial charge >= 0.3 is 30.3 Å². The van der Waals surface area contributed by atoms with Crippen LogP contribution in [0.25, 0.3) is 0 Å². The lowest BCUT2D eigenvalue weighted by Gasteiger charge is -2.48. The molecule has 0 bridgehead atoms. The van der Waals surface area contributed by atoms with Gasteiger partial charge in [-0.1, -0.05) is 6.92 Å². The van der Waals surface area contributed by atoms with Gasteiger partial charge in [-0.05, 0) is 40.5 Å². The smallest absolute Gasteiger partial charge is 0.475 e. The number of aliphatic carboxylic acids is 2. The van der Waals surface area contributed by atoms with Gasteiger partial charge in [0.25, 0.3) is 0 Å². The van der Waals surface area contributed by atoms with Crippen LogP contribution in [0.15, 0.2) is 0 Å². The molecule has 4 N–H and O–H groups in total. The molecule has 1 aliphatic heterocycles. The second-order valence-electron chi connectivity index (χ2n) is 9.43. The van der Waals surface area contributed by atoms with E-state index < -0.39 is 24.3 Å². The van der Waals surface area contributed by atoms with Gasteiger partial charge in [-0.3, -0.25) is 10.00 Å². The van der Waals surface area contributed by atoms with Crippen molar-refractivity contribution < 1.29 is 50.9 Å². The largest absolute Gasteiger partial charge is 0.490 e. The highest BCUT2D eigenvalue weighted by atomic mass is 19.4. The molecule has 214 valence electrons. The normalized spacial score (nSPS) is 16.9. The summed E-state index contributed by atoms with van der Waals surface area (Å²) >= 11 is 0. The quantitative estimate of drug-likeness (QED) is 0.419. The number of alkyl halides is 6. The van der Waals surface area contributed by atoms with Gasteiger partial charge in [0.15, 0.2) is 0 Å². The Kier molecular flexibility index (Phi) is 11.4. The number of aromatic nitrogens is 3.